The molecule has 0 aliphatic carbocycles. The van der Waals surface area contributed by atoms with Crippen LogP contribution in [0.2, 0.25) is 0 Å². The van der Waals surface area contributed by atoms with Crippen molar-refractivity contribution in [2.75, 3.05) is 12.8 Å². The predicted molar refractivity (Wildman–Crippen MR) is 69.8 cm³/mol. The summed E-state index contributed by atoms with van der Waals surface area (Å²) >= 11 is 0. The van der Waals surface area contributed by atoms with Crippen molar-refractivity contribution < 1.29 is 19.1 Å². The number of aromatic nitrogens is 2. The third kappa shape index (κ3) is 3.25. The normalized spacial score (nSPS) is 11.6. The van der Waals surface area contributed by atoms with Crippen LogP contribution in [0.5, 0.6) is 0 Å². The molecule has 20 heavy (non-hydrogen) atoms. The van der Waals surface area contributed by atoms with E-state index in [9.17, 15) is 14.4 Å². The summed E-state index contributed by atoms with van der Waals surface area (Å²) in [5, 5.41) is 8.18. The minimum Gasteiger partial charge on any atom is -0.448 e. The largest absolute Gasteiger partial charge is 0.448 e. The van der Waals surface area contributed by atoms with Gasteiger partial charge in [-0.1, -0.05) is 0 Å². The van der Waals surface area contributed by atoms with Crippen molar-refractivity contribution in [2.45, 2.75) is 20.0 Å². The first-order chi connectivity index (χ1) is 9.27. The number of anilines is 1. The highest BCUT2D eigenvalue weighted by Crippen LogP contribution is 2.16. The fourth-order valence-corrected chi connectivity index (χ4v) is 1.46. The lowest BCUT2D eigenvalue weighted by Gasteiger charge is -2.12. The van der Waals surface area contributed by atoms with Crippen LogP contribution in [0.15, 0.2) is 0 Å². The highest BCUT2D eigenvalue weighted by Gasteiger charge is 2.25. The van der Waals surface area contributed by atoms with Crippen LogP contribution in [0.3, 0.4) is 0 Å². The highest BCUT2D eigenvalue weighted by atomic mass is 16.5. The third-order valence-corrected chi connectivity index (χ3v) is 2.58. The van der Waals surface area contributed by atoms with Crippen LogP contribution in [-0.4, -0.2) is 40.8 Å². The second-order valence-corrected chi connectivity index (χ2v) is 4.09. The molecule has 0 aliphatic rings. The quantitative estimate of drug-likeness (QED) is 0.630. The van der Waals surface area contributed by atoms with E-state index in [1.807, 2.05) is 5.32 Å². The number of nitrogens with zero attached hydrogens (tertiary/aromatic N) is 2. The van der Waals surface area contributed by atoms with Gasteiger partial charge in [-0.15, -0.1) is 0 Å². The SMILES string of the molecule is CNC(=O)NC(=O)C(C)OC(=O)c1c(N)c(C)nn1C. The van der Waals surface area contributed by atoms with Gasteiger partial charge in [0.1, 0.15) is 0 Å². The van der Waals surface area contributed by atoms with E-state index >= 15 is 0 Å². The number of carbonyl (C=O) groups excluding carboxylic acids is 3. The fraction of sp³-hybridized carbons (Fsp3) is 0.455. The van der Waals surface area contributed by atoms with Crippen molar-refractivity contribution in [3.8, 4) is 0 Å². The van der Waals surface area contributed by atoms with Crippen molar-refractivity contribution in [1.29, 1.82) is 0 Å². The molecule has 1 aromatic rings. The maximum absolute atomic E-state index is 11.9. The van der Waals surface area contributed by atoms with Gasteiger partial charge in [0.15, 0.2) is 11.8 Å². The fourth-order valence-electron chi connectivity index (χ4n) is 1.46. The molecule has 0 aliphatic heterocycles. The summed E-state index contributed by atoms with van der Waals surface area (Å²) in [4.78, 5) is 34.5. The number of imide groups is 1. The van der Waals surface area contributed by atoms with E-state index in [-0.39, 0.29) is 11.4 Å². The lowest BCUT2D eigenvalue weighted by molar-refractivity contribution is -0.127. The molecule has 0 fully saturated rings. The van der Waals surface area contributed by atoms with Crippen LogP contribution in [0.25, 0.3) is 0 Å². The zero-order valence-electron chi connectivity index (χ0n) is 11.7. The summed E-state index contributed by atoms with van der Waals surface area (Å²) in [5.41, 5.74) is 6.45. The zero-order chi connectivity index (χ0) is 15.4. The summed E-state index contributed by atoms with van der Waals surface area (Å²) in [5.74, 6) is -1.53. The second-order valence-electron chi connectivity index (χ2n) is 4.09. The van der Waals surface area contributed by atoms with Crippen LogP contribution >= 0.6 is 0 Å². The molecule has 1 atom stereocenters. The van der Waals surface area contributed by atoms with Crippen LogP contribution in [0.1, 0.15) is 23.1 Å². The number of esters is 1. The highest BCUT2D eigenvalue weighted by molar-refractivity contribution is 5.99. The molecule has 1 rings (SSSR count). The predicted octanol–water partition coefficient (Wildman–Crippen LogP) is -0.688. The van der Waals surface area contributed by atoms with E-state index in [0.717, 1.165) is 0 Å². The number of ether oxygens (including phenoxy) is 1. The van der Waals surface area contributed by atoms with E-state index in [1.165, 1.54) is 25.7 Å². The molecular weight excluding hydrogens is 266 g/mol. The molecule has 0 saturated heterocycles. The summed E-state index contributed by atoms with van der Waals surface area (Å²) in [7, 11) is 2.90. The van der Waals surface area contributed by atoms with Crippen molar-refractivity contribution in [2.24, 2.45) is 7.05 Å². The van der Waals surface area contributed by atoms with Crippen molar-refractivity contribution in [3.05, 3.63) is 11.4 Å². The number of rotatable bonds is 3. The molecule has 0 spiro atoms. The first-order valence-corrected chi connectivity index (χ1v) is 5.80. The summed E-state index contributed by atoms with van der Waals surface area (Å²) < 4.78 is 6.22. The van der Waals surface area contributed by atoms with Crippen molar-refractivity contribution >= 4 is 23.6 Å². The molecule has 1 heterocycles. The topological polar surface area (TPSA) is 128 Å². The number of nitrogens with one attached hydrogen (secondary N) is 2. The Morgan fingerprint density at radius 2 is 2.00 bits per heavy atom. The van der Waals surface area contributed by atoms with Crippen LogP contribution < -0.4 is 16.4 Å². The Hall–Kier alpha value is -2.58. The van der Waals surface area contributed by atoms with Gasteiger partial charge in [0.2, 0.25) is 0 Å². The Morgan fingerprint density at radius 1 is 1.40 bits per heavy atom. The lowest BCUT2D eigenvalue weighted by atomic mass is 10.3. The molecule has 3 amide bonds. The molecule has 1 unspecified atom stereocenters. The van der Waals surface area contributed by atoms with Crippen LogP contribution in [-0.2, 0) is 16.6 Å². The Bertz CT molecular complexity index is 551. The van der Waals surface area contributed by atoms with E-state index in [2.05, 4.69) is 10.4 Å². The third-order valence-electron chi connectivity index (χ3n) is 2.58. The number of aryl methyl sites for hydroxylation is 2. The first kappa shape index (κ1) is 15.5. The number of urea groups is 1. The first-order valence-electron chi connectivity index (χ1n) is 5.80. The molecule has 4 N–H and O–H groups in total. The van der Waals surface area contributed by atoms with Gasteiger partial charge in [0.25, 0.3) is 5.91 Å². The maximum Gasteiger partial charge on any atom is 0.359 e. The second kappa shape index (κ2) is 6.04. The monoisotopic (exact) mass is 283 g/mol. The van der Waals surface area contributed by atoms with Crippen LogP contribution in [0.4, 0.5) is 10.5 Å². The molecule has 0 saturated carbocycles. The standard InChI is InChI=1S/C11H17N5O4/c1-5-7(12)8(16(4)15-5)10(18)20-6(2)9(17)14-11(19)13-3/h6H,12H2,1-4H3,(H2,13,14,17,19). The van der Waals surface area contributed by atoms with Gasteiger partial charge >= 0.3 is 12.0 Å². The zero-order valence-corrected chi connectivity index (χ0v) is 11.7. The summed E-state index contributed by atoms with van der Waals surface area (Å²) in [6.45, 7) is 2.99. The van der Waals surface area contributed by atoms with E-state index in [0.29, 0.717) is 5.69 Å². The molecule has 110 valence electrons. The van der Waals surface area contributed by atoms with Gasteiger partial charge < -0.3 is 15.8 Å². The van der Waals surface area contributed by atoms with E-state index < -0.39 is 24.0 Å². The van der Waals surface area contributed by atoms with Crippen LogP contribution in [0, 0.1) is 6.92 Å². The van der Waals surface area contributed by atoms with Gasteiger partial charge in [0, 0.05) is 14.1 Å². The van der Waals surface area contributed by atoms with Gasteiger partial charge in [-0.3, -0.25) is 14.8 Å². The summed E-state index contributed by atoms with van der Waals surface area (Å²) in [6, 6.07) is -0.686. The Balaban J connectivity index is 2.75. The Kier molecular flexibility index (Phi) is 4.68. The molecular formula is C11H17N5O4. The van der Waals surface area contributed by atoms with Gasteiger partial charge in [-0.2, -0.15) is 5.10 Å². The van der Waals surface area contributed by atoms with E-state index in [1.54, 1.807) is 6.92 Å². The number of carbonyl (C=O) groups is 3. The Labute approximate surface area is 115 Å². The Morgan fingerprint density at radius 3 is 2.45 bits per heavy atom. The maximum atomic E-state index is 11.9. The minimum absolute atomic E-state index is 0.0575. The smallest absolute Gasteiger partial charge is 0.359 e. The van der Waals surface area contributed by atoms with Gasteiger partial charge in [-0.25, -0.2) is 9.59 Å². The molecule has 9 heteroatoms. The molecule has 0 bridgehead atoms. The summed E-state index contributed by atoms with van der Waals surface area (Å²) in [6.07, 6.45) is -1.14. The average Bonchev–Trinajstić information content (AvgIpc) is 2.62. The van der Waals surface area contributed by atoms with Crippen molar-refractivity contribution in [1.82, 2.24) is 20.4 Å². The minimum atomic E-state index is -1.14. The number of amides is 3. The molecule has 1 aromatic heterocycles. The van der Waals surface area contributed by atoms with Gasteiger partial charge in [0.05, 0.1) is 11.4 Å². The number of hydrogen-bond acceptors (Lipinski definition) is 6. The molecule has 9 nitrogen and oxygen atoms in total. The molecule has 0 aromatic carbocycles. The van der Waals surface area contributed by atoms with Gasteiger partial charge in [-0.05, 0) is 13.8 Å². The lowest BCUT2D eigenvalue weighted by Crippen LogP contribution is -2.43. The molecule has 0 radical (unpaired) electrons. The van der Waals surface area contributed by atoms with Crippen molar-refractivity contribution in [3.63, 3.8) is 0 Å². The number of nitrogens with two attached hydrogens (primary N) is 1. The van der Waals surface area contributed by atoms with E-state index in [4.69, 9.17) is 10.5 Å². The number of hydrogen-bond donors (Lipinski definition) is 3. The number of nitrogen functional groups attached to an aromatic ring is 1. The average molecular weight is 283 g/mol.